The van der Waals surface area contributed by atoms with Crippen molar-refractivity contribution in [1.82, 2.24) is 29.5 Å². The van der Waals surface area contributed by atoms with Crippen LogP contribution in [0, 0.1) is 5.41 Å². The normalized spacial score (nSPS) is 14.5. The highest BCUT2D eigenvalue weighted by molar-refractivity contribution is 5.96. The molecule has 0 spiro atoms. The lowest BCUT2D eigenvalue weighted by molar-refractivity contribution is 0.0124. The highest BCUT2D eigenvalue weighted by atomic mass is 19.3. The average molecular weight is 461 g/mol. The number of halogens is 2. The Bertz CT molecular complexity index is 1270. The molecule has 1 fully saturated rings. The van der Waals surface area contributed by atoms with E-state index in [-0.39, 0.29) is 40.8 Å². The highest BCUT2D eigenvalue weighted by Gasteiger charge is 2.30. The third-order valence-corrected chi connectivity index (χ3v) is 4.98. The van der Waals surface area contributed by atoms with Crippen molar-refractivity contribution in [1.29, 1.82) is 0 Å². The van der Waals surface area contributed by atoms with E-state index < -0.39 is 29.0 Å². The molecule has 0 aromatic carbocycles. The Morgan fingerprint density at radius 2 is 1.88 bits per heavy atom. The van der Waals surface area contributed by atoms with Gasteiger partial charge in [-0.05, 0) is 18.3 Å². The smallest absolute Gasteiger partial charge is 0.291 e. The highest BCUT2D eigenvalue weighted by Crippen LogP contribution is 2.28. The molecule has 176 valence electrons. The van der Waals surface area contributed by atoms with Gasteiger partial charge in [-0.25, -0.2) is 9.97 Å². The molecule has 12 heteroatoms. The van der Waals surface area contributed by atoms with Crippen molar-refractivity contribution in [2.45, 2.75) is 59.0 Å². The third-order valence-electron chi connectivity index (χ3n) is 4.98. The van der Waals surface area contributed by atoms with Crippen LogP contribution in [0.1, 0.15) is 56.6 Å². The zero-order valence-electron chi connectivity index (χ0n) is 18.7. The fourth-order valence-electron chi connectivity index (χ4n) is 3.28. The van der Waals surface area contributed by atoms with Gasteiger partial charge in [0.05, 0.1) is 12.4 Å². The number of aromatic nitrogens is 5. The van der Waals surface area contributed by atoms with Gasteiger partial charge in [0, 0.05) is 25.6 Å². The number of alkyl halides is 2. The van der Waals surface area contributed by atoms with Gasteiger partial charge in [-0.1, -0.05) is 20.8 Å². The number of fused-ring (bicyclic) bond motifs is 1. The number of hydrogen-bond donors (Lipinski definition) is 3. The van der Waals surface area contributed by atoms with E-state index >= 15 is 0 Å². The summed E-state index contributed by atoms with van der Waals surface area (Å²) in [5.74, 6) is -3.92. The third kappa shape index (κ3) is 4.78. The summed E-state index contributed by atoms with van der Waals surface area (Å²) in [5, 5.41) is 20.6. The lowest BCUT2D eigenvalue weighted by Crippen LogP contribution is -2.35. The molecule has 1 aliphatic rings. The molecule has 0 unspecified atom stereocenters. The molecule has 0 radical (unpaired) electrons. The van der Waals surface area contributed by atoms with Crippen molar-refractivity contribution in [3.63, 3.8) is 0 Å². The largest absolute Gasteiger partial charge is 0.494 e. The van der Waals surface area contributed by atoms with Crippen molar-refractivity contribution in [2.75, 3.05) is 5.32 Å². The van der Waals surface area contributed by atoms with E-state index in [2.05, 4.69) is 25.7 Å². The first-order valence-corrected chi connectivity index (χ1v) is 10.5. The molecule has 3 aromatic rings. The van der Waals surface area contributed by atoms with Crippen molar-refractivity contribution in [3.05, 3.63) is 40.1 Å². The number of nitrogens with one attached hydrogen (secondary N) is 2. The lowest BCUT2D eigenvalue weighted by Gasteiger charge is -2.23. The van der Waals surface area contributed by atoms with Gasteiger partial charge < -0.3 is 15.7 Å². The first-order valence-electron chi connectivity index (χ1n) is 10.5. The molecule has 1 aliphatic carbocycles. The van der Waals surface area contributed by atoms with Crippen LogP contribution in [0.15, 0.2) is 23.3 Å². The zero-order chi connectivity index (χ0) is 24.1. The molecule has 0 bridgehead atoms. The van der Waals surface area contributed by atoms with Gasteiger partial charge in [0.15, 0.2) is 11.4 Å². The van der Waals surface area contributed by atoms with Gasteiger partial charge in [-0.15, -0.1) is 5.10 Å². The van der Waals surface area contributed by atoms with Gasteiger partial charge in [0.2, 0.25) is 5.88 Å². The van der Waals surface area contributed by atoms with E-state index in [1.807, 2.05) is 20.8 Å². The van der Waals surface area contributed by atoms with Crippen LogP contribution in [-0.2, 0) is 12.5 Å². The molecular weight excluding hydrogens is 436 g/mol. The van der Waals surface area contributed by atoms with Crippen LogP contribution in [0.4, 0.5) is 20.4 Å². The van der Waals surface area contributed by atoms with Crippen molar-refractivity contribution >= 4 is 23.2 Å². The minimum atomic E-state index is -3.13. The van der Waals surface area contributed by atoms with Crippen LogP contribution in [0.5, 0.6) is 5.88 Å². The molecule has 10 nitrogen and oxygen atoms in total. The first kappa shape index (κ1) is 22.6. The van der Waals surface area contributed by atoms with E-state index in [1.165, 1.54) is 10.6 Å². The van der Waals surface area contributed by atoms with Gasteiger partial charge in [0.25, 0.3) is 17.4 Å². The number of amides is 1. The number of rotatable bonds is 6. The number of carbonyl (C=O) groups excluding carboxylic acids is 1. The van der Waals surface area contributed by atoms with Gasteiger partial charge >= 0.3 is 0 Å². The Kier molecular flexibility index (Phi) is 5.33. The average Bonchev–Trinajstić information content (AvgIpc) is 3.40. The van der Waals surface area contributed by atoms with E-state index in [9.17, 15) is 23.5 Å². The summed E-state index contributed by atoms with van der Waals surface area (Å²) in [7, 11) is 0. The molecule has 1 amide bonds. The molecule has 3 heterocycles. The van der Waals surface area contributed by atoms with Crippen LogP contribution in [0.2, 0.25) is 0 Å². The van der Waals surface area contributed by atoms with Gasteiger partial charge in [0.1, 0.15) is 17.2 Å². The number of carbonyl (C=O) groups is 1. The molecule has 0 saturated heterocycles. The Balaban J connectivity index is 1.77. The molecule has 3 N–H and O–H groups in total. The second-order valence-corrected chi connectivity index (χ2v) is 9.50. The van der Waals surface area contributed by atoms with E-state index in [1.54, 1.807) is 0 Å². The standard InChI is InChI=1S/C21H25F2N7O3/c1-20(2,3)10-29-15-7-13(27-14-9-24-12(8-25-14)21(4,22)23)28-30(15)19(33)16(18(29)32)17(31)26-11-5-6-11/h7-9,11,32H,5-6,10H2,1-4H3,(H,26,31)(H,25,27,28). The summed E-state index contributed by atoms with van der Waals surface area (Å²) in [6.45, 7) is 6.85. The molecule has 1 saturated carbocycles. The fourth-order valence-corrected chi connectivity index (χ4v) is 3.28. The minimum absolute atomic E-state index is 0.00467. The van der Waals surface area contributed by atoms with Gasteiger partial charge in [-0.2, -0.15) is 13.3 Å². The Morgan fingerprint density at radius 3 is 2.42 bits per heavy atom. The van der Waals surface area contributed by atoms with E-state index in [4.69, 9.17) is 0 Å². The maximum absolute atomic E-state index is 13.4. The van der Waals surface area contributed by atoms with Crippen LogP contribution in [0.25, 0.3) is 5.65 Å². The van der Waals surface area contributed by atoms with E-state index in [0.717, 1.165) is 36.7 Å². The summed E-state index contributed by atoms with van der Waals surface area (Å²) in [6, 6.07) is 1.49. The van der Waals surface area contributed by atoms with Crippen molar-refractivity contribution < 1.29 is 18.7 Å². The quantitative estimate of drug-likeness (QED) is 0.515. The number of aromatic hydroxyl groups is 1. The van der Waals surface area contributed by atoms with E-state index in [0.29, 0.717) is 0 Å². The summed E-state index contributed by atoms with van der Waals surface area (Å²) < 4.78 is 29.2. The number of nitrogens with zero attached hydrogens (tertiary/aromatic N) is 5. The molecule has 0 atom stereocenters. The minimum Gasteiger partial charge on any atom is -0.494 e. The predicted octanol–water partition coefficient (Wildman–Crippen LogP) is 2.79. The monoisotopic (exact) mass is 461 g/mol. The van der Waals surface area contributed by atoms with Crippen LogP contribution in [0.3, 0.4) is 0 Å². The molecular formula is C21H25F2N7O3. The zero-order valence-corrected chi connectivity index (χ0v) is 18.7. The second-order valence-electron chi connectivity index (χ2n) is 9.50. The van der Waals surface area contributed by atoms with Crippen molar-refractivity contribution in [3.8, 4) is 5.88 Å². The van der Waals surface area contributed by atoms with Gasteiger partial charge in [-0.3, -0.25) is 14.2 Å². The predicted molar refractivity (Wildman–Crippen MR) is 116 cm³/mol. The Morgan fingerprint density at radius 1 is 1.18 bits per heavy atom. The second kappa shape index (κ2) is 7.78. The maximum atomic E-state index is 13.4. The Hall–Kier alpha value is -3.57. The molecule has 0 aliphatic heterocycles. The molecule has 4 rings (SSSR count). The first-order chi connectivity index (χ1) is 15.3. The summed E-state index contributed by atoms with van der Waals surface area (Å²) in [6.07, 6.45) is 3.72. The topological polar surface area (TPSA) is 126 Å². The van der Waals surface area contributed by atoms with Crippen molar-refractivity contribution in [2.24, 2.45) is 5.41 Å². The van der Waals surface area contributed by atoms with Crippen LogP contribution < -0.4 is 16.2 Å². The lowest BCUT2D eigenvalue weighted by atomic mass is 9.96. The maximum Gasteiger partial charge on any atom is 0.291 e. The SMILES string of the molecule is CC(C)(C)Cn1c(O)c(C(=O)NC2CC2)c(=O)n2nc(Nc3cnc(C(C)(F)F)cn3)cc12. The molecule has 33 heavy (non-hydrogen) atoms. The summed E-state index contributed by atoms with van der Waals surface area (Å²) in [4.78, 5) is 33.4. The van der Waals surface area contributed by atoms with Crippen LogP contribution >= 0.6 is 0 Å². The molecule has 3 aromatic heterocycles. The Labute approximate surface area is 187 Å². The summed E-state index contributed by atoms with van der Waals surface area (Å²) >= 11 is 0. The number of hydrogen-bond acceptors (Lipinski definition) is 7. The van der Waals surface area contributed by atoms with Crippen LogP contribution in [-0.4, -0.2) is 41.2 Å². The fraction of sp³-hybridized carbons (Fsp3) is 0.476. The number of anilines is 2. The summed E-state index contributed by atoms with van der Waals surface area (Å²) in [5.41, 5.74) is -1.69.